The van der Waals surface area contributed by atoms with Crippen molar-refractivity contribution in [2.75, 3.05) is 50.0 Å². The van der Waals surface area contributed by atoms with E-state index in [0.29, 0.717) is 13.1 Å². The Morgan fingerprint density at radius 2 is 1.83 bits per heavy atom. The molecule has 2 aliphatic heterocycles. The van der Waals surface area contributed by atoms with E-state index in [0.717, 1.165) is 56.5 Å². The van der Waals surface area contributed by atoms with Crippen molar-refractivity contribution in [3.8, 4) is 0 Å². The van der Waals surface area contributed by atoms with Crippen molar-refractivity contribution in [2.45, 2.75) is 32.6 Å². The molecule has 134 valence electrons. The van der Waals surface area contributed by atoms with Gasteiger partial charge in [0.2, 0.25) is 10.0 Å². The van der Waals surface area contributed by atoms with Gasteiger partial charge in [-0.15, -0.1) is 0 Å². The van der Waals surface area contributed by atoms with Crippen LogP contribution in [0.5, 0.6) is 0 Å². The van der Waals surface area contributed by atoms with E-state index in [1.165, 1.54) is 0 Å². The quantitative estimate of drug-likeness (QED) is 0.807. The van der Waals surface area contributed by atoms with E-state index in [1.807, 2.05) is 13.0 Å². The molecule has 0 unspecified atom stereocenters. The van der Waals surface area contributed by atoms with Crippen LogP contribution in [0.3, 0.4) is 0 Å². The van der Waals surface area contributed by atoms with Gasteiger partial charge in [0, 0.05) is 43.9 Å². The molecule has 2 fully saturated rings. The molecule has 2 saturated heterocycles. The van der Waals surface area contributed by atoms with Gasteiger partial charge in [-0.2, -0.15) is 0 Å². The van der Waals surface area contributed by atoms with Gasteiger partial charge in [-0.1, -0.05) is 0 Å². The summed E-state index contributed by atoms with van der Waals surface area (Å²) in [5.41, 5.74) is 0.963. The fraction of sp³-hybridized carbons (Fsp3) is 0.750. The Bertz CT molecular complexity index is 666. The highest BCUT2D eigenvalue weighted by molar-refractivity contribution is 7.89. The molecule has 0 aliphatic carbocycles. The molecule has 0 aromatic carbocycles. The second kappa shape index (κ2) is 7.33. The Hall–Kier alpha value is -1.25. The standard InChI is InChI=1S/C16H26N4O3S/c1-3-24(21,22)20-6-4-14(5-7-20)16-17-13(2)12-15(18-16)19-8-10-23-11-9-19/h12,14H,3-11H2,1-2H3. The molecule has 3 heterocycles. The maximum absolute atomic E-state index is 12.0. The second-order valence-electron chi connectivity index (χ2n) is 6.40. The van der Waals surface area contributed by atoms with E-state index < -0.39 is 10.0 Å². The number of hydrogen-bond donors (Lipinski definition) is 0. The largest absolute Gasteiger partial charge is 0.378 e. The molecule has 1 aromatic heterocycles. The summed E-state index contributed by atoms with van der Waals surface area (Å²) in [4.78, 5) is 11.6. The summed E-state index contributed by atoms with van der Waals surface area (Å²) in [6.07, 6.45) is 1.57. The zero-order chi connectivity index (χ0) is 17.2. The number of aryl methyl sites for hydroxylation is 1. The smallest absolute Gasteiger partial charge is 0.213 e. The lowest BCUT2D eigenvalue weighted by molar-refractivity contribution is 0.122. The van der Waals surface area contributed by atoms with Crippen LogP contribution in [0.1, 0.15) is 37.2 Å². The fourth-order valence-corrected chi connectivity index (χ4v) is 4.42. The molecule has 1 aromatic rings. The van der Waals surface area contributed by atoms with Gasteiger partial charge in [-0.3, -0.25) is 0 Å². The third-order valence-corrected chi connectivity index (χ3v) is 6.65. The summed E-state index contributed by atoms with van der Waals surface area (Å²) in [5, 5.41) is 0. The van der Waals surface area contributed by atoms with Gasteiger partial charge >= 0.3 is 0 Å². The van der Waals surface area contributed by atoms with Crippen LogP contribution in [-0.2, 0) is 14.8 Å². The Balaban J connectivity index is 1.72. The SMILES string of the molecule is CCS(=O)(=O)N1CCC(c2nc(C)cc(N3CCOCC3)n2)CC1. The monoisotopic (exact) mass is 354 g/mol. The lowest BCUT2D eigenvalue weighted by Crippen LogP contribution is -2.39. The zero-order valence-corrected chi connectivity index (χ0v) is 15.3. The summed E-state index contributed by atoms with van der Waals surface area (Å²) < 4.78 is 31.0. The van der Waals surface area contributed by atoms with Crippen molar-refractivity contribution in [3.63, 3.8) is 0 Å². The van der Waals surface area contributed by atoms with Crippen molar-refractivity contribution in [1.82, 2.24) is 14.3 Å². The third kappa shape index (κ3) is 3.87. The van der Waals surface area contributed by atoms with E-state index in [-0.39, 0.29) is 11.7 Å². The maximum Gasteiger partial charge on any atom is 0.213 e. The topological polar surface area (TPSA) is 75.6 Å². The van der Waals surface area contributed by atoms with Crippen molar-refractivity contribution in [2.24, 2.45) is 0 Å². The molecule has 0 radical (unpaired) electrons. The molecular formula is C16H26N4O3S. The first kappa shape index (κ1) is 17.6. The first-order valence-electron chi connectivity index (χ1n) is 8.65. The van der Waals surface area contributed by atoms with Crippen LogP contribution in [0, 0.1) is 6.92 Å². The fourth-order valence-electron chi connectivity index (χ4n) is 3.29. The minimum absolute atomic E-state index is 0.166. The van der Waals surface area contributed by atoms with Crippen molar-refractivity contribution >= 4 is 15.8 Å². The molecule has 0 saturated carbocycles. The number of rotatable bonds is 4. The molecule has 3 rings (SSSR count). The highest BCUT2D eigenvalue weighted by Crippen LogP contribution is 2.28. The van der Waals surface area contributed by atoms with E-state index in [2.05, 4.69) is 9.88 Å². The average Bonchev–Trinajstić information content (AvgIpc) is 2.62. The summed E-state index contributed by atoms with van der Waals surface area (Å²) in [5.74, 6) is 2.21. The summed E-state index contributed by atoms with van der Waals surface area (Å²) in [6, 6.07) is 2.02. The van der Waals surface area contributed by atoms with E-state index in [1.54, 1.807) is 11.2 Å². The maximum atomic E-state index is 12.0. The van der Waals surface area contributed by atoms with Crippen molar-refractivity contribution in [3.05, 3.63) is 17.6 Å². The number of ether oxygens (including phenoxy) is 1. The highest BCUT2D eigenvalue weighted by Gasteiger charge is 2.29. The summed E-state index contributed by atoms with van der Waals surface area (Å²) in [6.45, 7) is 7.96. The molecule has 0 bridgehead atoms. The predicted octanol–water partition coefficient (Wildman–Crippen LogP) is 1.15. The summed E-state index contributed by atoms with van der Waals surface area (Å²) in [7, 11) is -3.09. The molecule has 0 atom stereocenters. The van der Waals surface area contributed by atoms with Gasteiger partial charge < -0.3 is 9.64 Å². The summed E-state index contributed by atoms with van der Waals surface area (Å²) >= 11 is 0. The lowest BCUT2D eigenvalue weighted by Gasteiger charge is -2.31. The molecule has 0 N–H and O–H groups in total. The van der Waals surface area contributed by atoms with Gasteiger partial charge in [0.15, 0.2) is 0 Å². The minimum atomic E-state index is -3.09. The highest BCUT2D eigenvalue weighted by atomic mass is 32.2. The van der Waals surface area contributed by atoms with Crippen LogP contribution in [-0.4, -0.2) is 67.8 Å². The first-order chi connectivity index (χ1) is 11.5. The Morgan fingerprint density at radius 3 is 2.46 bits per heavy atom. The molecule has 0 amide bonds. The molecular weight excluding hydrogens is 328 g/mol. The molecule has 24 heavy (non-hydrogen) atoms. The van der Waals surface area contributed by atoms with Gasteiger partial charge in [0.25, 0.3) is 0 Å². The number of aromatic nitrogens is 2. The van der Waals surface area contributed by atoms with Crippen LogP contribution in [0.15, 0.2) is 6.07 Å². The number of morpholine rings is 1. The normalized spacial score (nSPS) is 21.2. The van der Waals surface area contributed by atoms with E-state index in [9.17, 15) is 8.42 Å². The van der Waals surface area contributed by atoms with Crippen molar-refractivity contribution in [1.29, 1.82) is 0 Å². The average molecular weight is 354 g/mol. The van der Waals surface area contributed by atoms with Crippen LogP contribution in [0.2, 0.25) is 0 Å². The Kier molecular flexibility index (Phi) is 5.36. The Labute approximate surface area is 144 Å². The van der Waals surface area contributed by atoms with Gasteiger partial charge in [0.1, 0.15) is 11.6 Å². The van der Waals surface area contributed by atoms with E-state index in [4.69, 9.17) is 9.72 Å². The zero-order valence-electron chi connectivity index (χ0n) is 14.4. The molecule has 0 spiro atoms. The van der Waals surface area contributed by atoms with Gasteiger partial charge in [-0.05, 0) is 26.7 Å². The number of piperidine rings is 1. The van der Waals surface area contributed by atoms with Gasteiger partial charge in [0.05, 0.1) is 19.0 Å². The van der Waals surface area contributed by atoms with Crippen molar-refractivity contribution < 1.29 is 13.2 Å². The molecule has 2 aliphatic rings. The minimum Gasteiger partial charge on any atom is -0.378 e. The van der Waals surface area contributed by atoms with Crippen LogP contribution >= 0.6 is 0 Å². The van der Waals surface area contributed by atoms with Crippen LogP contribution in [0.4, 0.5) is 5.82 Å². The van der Waals surface area contributed by atoms with Gasteiger partial charge in [-0.25, -0.2) is 22.7 Å². The third-order valence-electron chi connectivity index (χ3n) is 4.77. The number of anilines is 1. The first-order valence-corrected chi connectivity index (χ1v) is 10.3. The number of hydrogen-bond acceptors (Lipinski definition) is 6. The van der Waals surface area contributed by atoms with Crippen LogP contribution < -0.4 is 4.90 Å². The number of nitrogens with zero attached hydrogens (tertiary/aromatic N) is 4. The Morgan fingerprint density at radius 1 is 1.17 bits per heavy atom. The van der Waals surface area contributed by atoms with E-state index >= 15 is 0 Å². The lowest BCUT2D eigenvalue weighted by atomic mass is 9.97. The molecule has 8 heteroatoms. The van der Waals surface area contributed by atoms with Crippen LogP contribution in [0.25, 0.3) is 0 Å². The number of sulfonamides is 1. The predicted molar refractivity (Wildman–Crippen MR) is 92.8 cm³/mol. The molecule has 7 nitrogen and oxygen atoms in total. The second-order valence-corrected chi connectivity index (χ2v) is 8.66.